The van der Waals surface area contributed by atoms with Crippen LogP contribution in [-0.2, 0) is 14.3 Å². The normalized spacial score (nSPS) is 16.3. The molecule has 2 aromatic rings. The molecule has 1 aromatic heterocycles. The number of fused-ring (bicyclic) bond motifs is 1. The van der Waals surface area contributed by atoms with Crippen LogP contribution in [0.25, 0.3) is 17.0 Å². The number of carbonyl (C=O) groups excluding carboxylic acids is 3. The lowest BCUT2D eigenvalue weighted by Gasteiger charge is -2.27. The Kier molecular flexibility index (Phi) is 5.39. The molecule has 0 bridgehead atoms. The van der Waals surface area contributed by atoms with Gasteiger partial charge in [0.2, 0.25) is 0 Å². The monoisotopic (exact) mass is 411 g/mol. The van der Waals surface area contributed by atoms with Crippen molar-refractivity contribution in [2.45, 2.75) is 26.4 Å². The largest absolute Gasteiger partial charge is 0.443 e. The van der Waals surface area contributed by atoms with Gasteiger partial charge in [0.1, 0.15) is 11.2 Å². The molecule has 1 aromatic carbocycles. The van der Waals surface area contributed by atoms with Crippen LogP contribution >= 0.6 is 12.2 Å². The second kappa shape index (κ2) is 7.63. The maximum Gasteiger partial charge on any atom is 0.419 e. The molecule has 1 aliphatic rings. The number of carbonyl (C=O) groups is 3. The molecule has 0 radical (unpaired) electrons. The van der Waals surface area contributed by atoms with Gasteiger partial charge in [-0.3, -0.25) is 24.4 Å². The Balaban J connectivity index is 2.09. The van der Waals surface area contributed by atoms with Crippen molar-refractivity contribution < 1.29 is 19.1 Å². The molecule has 0 spiro atoms. The molecule has 1 aliphatic heterocycles. The predicted molar refractivity (Wildman–Crippen MR) is 114 cm³/mol. The van der Waals surface area contributed by atoms with Crippen LogP contribution in [0.4, 0.5) is 4.79 Å². The van der Waals surface area contributed by atoms with Gasteiger partial charge in [0.25, 0.3) is 11.8 Å². The molecule has 8 heteroatoms. The van der Waals surface area contributed by atoms with Crippen LogP contribution in [0.15, 0.2) is 48.7 Å². The number of nitrogens with zero attached hydrogens (tertiary/aromatic N) is 2. The molecule has 0 aliphatic carbocycles. The average molecular weight is 411 g/mol. The summed E-state index contributed by atoms with van der Waals surface area (Å²) < 4.78 is 6.83. The maximum atomic E-state index is 12.8. The number of rotatable bonds is 3. The lowest BCUT2D eigenvalue weighted by Crippen LogP contribution is -2.53. The number of para-hydroxylation sites is 1. The van der Waals surface area contributed by atoms with E-state index in [0.29, 0.717) is 16.5 Å². The van der Waals surface area contributed by atoms with E-state index in [-0.39, 0.29) is 17.2 Å². The molecule has 2 heterocycles. The first kappa shape index (κ1) is 20.5. The zero-order chi connectivity index (χ0) is 21.3. The minimum atomic E-state index is -0.665. The van der Waals surface area contributed by atoms with Crippen LogP contribution in [0.5, 0.6) is 0 Å². The van der Waals surface area contributed by atoms with E-state index in [1.165, 1.54) is 21.6 Å². The van der Waals surface area contributed by atoms with Crippen molar-refractivity contribution in [3.63, 3.8) is 0 Å². The van der Waals surface area contributed by atoms with Crippen LogP contribution < -0.4 is 5.32 Å². The summed E-state index contributed by atoms with van der Waals surface area (Å²) in [7, 11) is 0. The Morgan fingerprint density at radius 3 is 2.62 bits per heavy atom. The predicted octanol–water partition coefficient (Wildman–Crippen LogP) is 3.24. The van der Waals surface area contributed by atoms with E-state index in [0.717, 1.165) is 0 Å². The van der Waals surface area contributed by atoms with E-state index in [4.69, 9.17) is 17.0 Å². The highest BCUT2D eigenvalue weighted by Gasteiger charge is 2.33. The van der Waals surface area contributed by atoms with Crippen LogP contribution in [0.3, 0.4) is 0 Å². The van der Waals surface area contributed by atoms with Crippen molar-refractivity contribution in [1.82, 2.24) is 14.8 Å². The third kappa shape index (κ3) is 4.12. The minimum Gasteiger partial charge on any atom is -0.443 e. The number of nitrogens with one attached hydrogen (secondary N) is 1. The lowest BCUT2D eigenvalue weighted by molar-refractivity contribution is -0.128. The van der Waals surface area contributed by atoms with Crippen molar-refractivity contribution in [1.29, 1.82) is 0 Å². The van der Waals surface area contributed by atoms with E-state index in [1.807, 2.05) is 6.07 Å². The Morgan fingerprint density at radius 1 is 1.28 bits per heavy atom. The summed E-state index contributed by atoms with van der Waals surface area (Å²) in [4.78, 5) is 39.0. The van der Waals surface area contributed by atoms with Crippen LogP contribution in [-0.4, -0.2) is 44.6 Å². The van der Waals surface area contributed by atoms with Gasteiger partial charge in [-0.15, -0.1) is 6.58 Å². The minimum absolute atomic E-state index is 0.0354. The quantitative estimate of drug-likeness (QED) is 0.363. The molecule has 7 nitrogen and oxygen atoms in total. The maximum absolute atomic E-state index is 12.8. The summed E-state index contributed by atoms with van der Waals surface area (Å²) >= 11 is 5.06. The third-order valence-corrected chi connectivity index (χ3v) is 4.45. The standard InChI is InChI=1S/C21H21N3O4S/c1-5-10-23-18(26)15(17(25)22-19(23)29)11-13-12-24(20(27)28-21(2,3)4)16-9-7-6-8-14(13)16/h5-9,11-12H,1,10H2,2-4H3,(H,22,25,29). The Bertz CT molecular complexity index is 1080. The van der Waals surface area contributed by atoms with Crippen molar-refractivity contribution >= 4 is 52.2 Å². The van der Waals surface area contributed by atoms with Crippen molar-refractivity contribution in [3.05, 3.63) is 54.3 Å². The van der Waals surface area contributed by atoms with Gasteiger partial charge in [-0.05, 0) is 45.1 Å². The van der Waals surface area contributed by atoms with E-state index in [2.05, 4.69) is 11.9 Å². The van der Waals surface area contributed by atoms with Crippen LogP contribution in [0, 0.1) is 0 Å². The molecule has 0 atom stereocenters. The number of amides is 2. The zero-order valence-corrected chi connectivity index (χ0v) is 17.2. The Hall–Kier alpha value is -3.26. The molecular weight excluding hydrogens is 390 g/mol. The third-order valence-electron chi connectivity index (χ3n) is 4.13. The number of benzene rings is 1. The molecule has 29 heavy (non-hydrogen) atoms. The number of ether oxygens (including phenoxy) is 1. The zero-order valence-electron chi connectivity index (χ0n) is 16.4. The summed E-state index contributed by atoms with van der Waals surface area (Å²) in [5.41, 5.74) is 0.404. The highest BCUT2D eigenvalue weighted by atomic mass is 32.1. The summed E-state index contributed by atoms with van der Waals surface area (Å²) in [6.07, 6.45) is 3.98. The van der Waals surface area contributed by atoms with Gasteiger partial charge in [0.15, 0.2) is 5.11 Å². The van der Waals surface area contributed by atoms with Gasteiger partial charge in [-0.25, -0.2) is 4.79 Å². The van der Waals surface area contributed by atoms with E-state index in [1.54, 1.807) is 45.2 Å². The molecule has 0 unspecified atom stereocenters. The second-order valence-corrected chi connectivity index (χ2v) is 7.86. The van der Waals surface area contributed by atoms with Crippen LogP contribution in [0.1, 0.15) is 26.3 Å². The van der Waals surface area contributed by atoms with Gasteiger partial charge in [-0.1, -0.05) is 24.3 Å². The molecule has 150 valence electrons. The molecule has 1 saturated heterocycles. The van der Waals surface area contributed by atoms with E-state index in [9.17, 15) is 14.4 Å². The van der Waals surface area contributed by atoms with Gasteiger partial charge >= 0.3 is 6.09 Å². The fourth-order valence-electron chi connectivity index (χ4n) is 2.93. The Labute approximate surface area is 173 Å². The molecule has 0 saturated carbocycles. The van der Waals surface area contributed by atoms with Gasteiger partial charge in [0, 0.05) is 23.7 Å². The molecule has 1 fully saturated rings. The summed E-state index contributed by atoms with van der Waals surface area (Å²) in [6, 6.07) is 7.18. The van der Waals surface area contributed by atoms with Gasteiger partial charge in [-0.2, -0.15) is 0 Å². The molecule has 1 N–H and O–H groups in total. The van der Waals surface area contributed by atoms with Gasteiger partial charge in [0.05, 0.1) is 5.52 Å². The van der Waals surface area contributed by atoms with E-state index < -0.39 is 23.5 Å². The first-order valence-corrected chi connectivity index (χ1v) is 9.36. The smallest absolute Gasteiger partial charge is 0.419 e. The number of aromatic nitrogens is 1. The van der Waals surface area contributed by atoms with Crippen molar-refractivity contribution in [2.75, 3.05) is 6.54 Å². The number of thiocarbonyl (C=S) groups is 1. The number of hydrogen-bond acceptors (Lipinski definition) is 5. The Morgan fingerprint density at radius 2 is 1.97 bits per heavy atom. The summed E-state index contributed by atoms with van der Waals surface area (Å²) in [5, 5.41) is 3.25. The average Bonchev–Trinajstić information content (AvgIpc) is 3.00. The van der Waals surface area contributed by atoms with E-state index >= 15 is 0 Å². The number of hydrogen-bond donors (Lipinski definition) is 1. The lowest BCUT2D eigenvalue weighted by atomic mass is 10.1. The van der Waals surface area contributed by atoms with Gasteiger partial charge < -0.3 is 4.74 Å². The summed E-state index contributed by atoms with van der Waals surface area (Å²) in [6.45, 7) is 9.12. The second-order valence-electron chi connectivity index (χ2n) is 7.47. The first-order chi connectivity index (χ1) is 13.6. The molecule has 3 rings (SSSR count). The topological polar surface area (TPSA) is 80.6 Å². The first-order valence-electron chi connectivity index (χ1n) is 8.95. The fourth-order valence-corrected chi connectivity index (χ4v) is 3.18. The highest BCUT2D eigenvalue weighted by molar-refractivity contribution is 7.80. The molecular formula is C21H21N3O4S. The SMILES string of the molecule is C=CCN1C(=O)C(=Cc2cn(C(=O)OC(C)(C)C)c3ccccc23)C(=O)NC1=S. The van der Waals surface area contributed by atoms with Crippen molar-refractivity contribution in [2.24, 2.45) is 0 Å². The summed E-state index contributed by atoms with van der Waals surface area (Å²) in [5.74, 6) is -1.11. The highest BCUT2D eigenvalue weighted by Crippen LogP contribution is 2.26. The van der Waals surface area contributed by atoms with Crippen molar-refractivity contribution in [3.8, 4) is 0 Å². The molecule has 2 amide bonds. The van der Waals surface area contributed by atoms with Crippen LogP contribution in [0.2, 0.25) is 0 Å². The fraction of sp³-hybridized carbons (Fsp3) is 0.238.